The second-order valence-electron chi connectivity index (χ2n) is 3.10. The summed E-state index contributed by atoms with van der Waals surface area (Å²) in [6, 6.07) is 0. The van der Waals surface area contributed by atoms with Gasteiger partial charge in [0.1, 0.15) is 12.4 Å². The molecular formula is C7H14O5S. The average molecular weight is 210 g/mol. The molecule has 78 valence electrons. The summed E-state index contributed by atoms with van der Waals surface area (Å²) < 4.78 is 33.2. The summed E-state index contributed by atoms with van der Waals surface area (Å²) in [5, 5.41) is 0. The Kier molecular flexibility index (Phi) is 4.94. The van der Waals surface area contributed by atoms with Gasteiger partial charge >= 0.3 is 5.97 Å². The van der Waals surface area contributed by atoms with Crippen molar-refractivity contribution in [1.82, 2.24) is 0 Å². The maximum atomic E-state index is 10.8. The summed E-state index contributed by atoms with van der Waals surface area (Å²) in [6.07, 6.45) is 0.255. The molecule has 0 aromatic rings. The zero-order valence-corrected chi connectivity index (χ0v) is 8.50. The first-order chi connectivity index (χ1) is 5.81. The third-order valence-corrected chi connectivity index (χ3v) is 1.86. The number of hydrogen-bond acceptors (Lipinski definition) is 4. The SMILES string of the molecule is CC(C)CC(=O)OCCS(=O)(=O)O. The fourth-order valence-electron chi connectivity index (χ4n) is 0.653. The van der Waals surface area contributed by atoms with E-state index in [4.69, 9.17) is 4.55 Å². The van der Waals surface area contributed by atoms with Gasteiger partial charge < -0.3 is 4.74 Å². The van der Waals surface area contributed by atoms with E-state index in [-0.39, 0.29) is 18.9 Å². The lowest BCUT2D eigenvalue weighted by Crippen LogP contribution is -2.15. The van der Waals surface area contributed by atoms with Crippen molar-refractivity contribution in [3.8, 4) is 0 Å². The topological polar surface area (TPSA) is 80.7 Å². The molecule has 0 aliphatic rings. The van der Waals surface area contributed by atoms with Crippen LogP contribution in [0.2, 0.25) is 0 Å². The van der Waals surface area contributed by atoms with E-state index in [0.29, 0.717) is 0 Å². The van der Waals surface area contributed by atoms with Gasteiger partial charge in [-0.25, -0.2) is 0 Å². The molecule has 13 heavy (non-hydrogen) atoms. The number of carbonyl (C=O) groups is 1. The number of ether oxygens (including phenoxy) is 1. The highest BCUT2D eigenvalue weighted by Gasteiger charge is 2.09. The molecule has 0 saturated heterocycles. The van der Waals surface area contributed by atoms with Crippen molar-refractivity contribution in [1.29, 1.82) is 0 Å². The molecule has 0 unspecified atom stereocenters. The zero-order valence-electron chi connectivity index (χ0n) is 7.69. The number of carbonyl (C=O) groups excluding carboxylic acids is 1. The Morgan fingerprint density at radius 1 is 1.46 bits per heavy atom. The summed E-state index contributed by atoms with van der Waals surface area (Å²) in [6.45, 7) is 3.42. The van der Waals surface area contributed by atoms with Crippen molar-refractivity contribution in [2.45, 2.75) is 20.3 Å². The second kappa shape index (κ2) is 5.18. The predicted octanol–water partition coefficient (Wildman–Crippen LogP) is 0.463. The van der Waals surface area contributed by atoms with Crippen molar-refractivity contribution in [2.24, 2.45) is 5.92 Å². The maximum Gasteiger partial charge on any atom is 0.306 e. The molecule has 0 bridgehead atoms. The largest absolute Gasteiger partial charge is 0.464 e. The fraction of sp³-hybridized carbons (Fsp3) is 0.857. The van der Waals surface area contributed by atoms with Crippen molar-refractivity contribution < 1.29 is 22.5 Å². The Hall–Kier alpha value is -0.620. The van der Waals surface area contributed by atoms with Gasteiger partial charge in [0, 0.05) is 6.42 Å². The number of rotatable bonds is 5. The van der Waals surface area contributed by atoms with E-state index in [1.807, 2.05) is 13.8 Å². The van der Waals surface area contributed by atoms with Gasteiger partial charge in [-0.2, -0.15) is 8.42 Å². The lowest BCUT2D eigenvalue weighted by Gasteiger charge is -2.04. The van der Waals surface area contributed by atoms with Crippen LogP contribution >= 0.6 is 0 Å². The van der Waals surface area contributed by atoms with E-state index in [1.165, 1.54) is 0 Å². The van der Waals surface area contributed by atoms with E-state index >= 15 is 0 Å². The van der Waals surface area contributed by atoms with Crippen LogP contribution in [0.1, 0.15) is 20.3 Å². The minimum absolute atomic E-state index is 0.179. The lowest BCUT2D eigenvalue weighted by molar-refractivity contribution is -0.143. The van der Waals surface area contributed by atoms with E-state index in [1.54, 1.807) is 0 Å². The molecule has 0 rings (SSSR count). The Labute approximate surface area is 77.8 Å². The van der Waals surface area contributed by atoms with Gasteiger partial charge in [0.25, 0.3) is 10.1 Å². The van der Waals surface area contributed by atoms with Crippen LogP contribution in [-0.4, -0.2) is 31.3 Å². The first-order valence-corrected chi connectivity index (χ1v) is 5.53. The highest BCUT2D eigenvalue weighted by molar-refractivity contribution is 7.85. The molecule has 0 spiro atoms. The Morgan fingerprint density at radius 2 is 2.00 bits per heavy atom. The third-order valence-electron chi connectivity index (χ3n) is 1.18. The standard InChI is InChI=1S/C7H14O5S/c1-6(2)5-7(8)12-3-4-13(9,10)11/h6H,3-5H2,1-2H3,(H,9,10,11). The first-order valence-electron chi connectivity index (χ1n) is 3.92. The van der Waals surface area contributed by atoms with Crippen molar-refractivity contribution in [3.05, 3.63) is 0 Å². The highest BCUT2D eigenvalue weighted by Crippen LogP contribution is 2.00. The molecule has 0 aromatic heterocycles. The van der Waals surface area contributed by atoms with Crippen molar-refractivity contribution in [3.63, 3.8) is 0 Å². The molecule has 5 nitrogen and oxygen atoms in total. The summed E-state index contributed by atoms with van der Waals surface area (Å²) in [5.41, 5.74) is 0. The van der Waals surface area contributed by atoms with Crippen molar-refractivity contribution in [2.75, 3.05) is 12.4 Å². The predicted molar refractivity (Wildman–Crippen MR) is 46.8 cm³/mol. The minimum Gasteiger partial charge on any atom is -0.464 e. The average Bonchev–Trinajstić information content (AvgIpc) is 1.81. The van der Waals surface area contributed by atoms with Crippen LogP contribution in [0, 0.1) is 5.92 Å². The van der Waals surface area contributed by atoms with Gasteiger partial charge in [-0.1, -0.05) is 13.8 Å². The molecule has 0 atom stereocenters. The van der Waals surface area contributed by atoms with E-state index in [0.717, 1.165) is 0 Å². The molecule has 1 N–H and O–H groups in total. The van der Waals surface area contributed by atoms with Gasteiger partial charge in [-0.3, -0.25) is 9.35 Å². The van der Waals surface area contributed by atoms with Gasteiger partial charge in [-0.15, -0.1) is 0 Å². The van der Waals surface area contributed by atoms with Crippen LogP contribution in [-0.2, 0) is 19.6 Å². The van der Waals surface area contributed by atoms with E-state index in [9.17, 15) is 13.2 Å². The van der Waals surface area contributed by atoms with E-state index < -0.39 is 21.8 Å². The number of hydrogen-bond donors (Lipinski definition) is 1. The monoisotopic (exact) mass is 210 g/mol. The van der Waals surface area contributed by atoms with Crippen molar-refractivity contribution >= 4 is 16.1 Å². The smallest absolute Gasteiger partial charge is 0.306 e. The second-order valence-corrected chi connectivity index (χ2v) is 4.68. The highest BCUT2D eigenvalue weighted by atomic mass is 32.2. The zero-order chi connectivity index (χ0) is 10.5. The summed E-state index contributed by atoms with van der Waals surface area (Å²) in [7, 11) is -4.03. The molecule has 0 heterocycles. The van der Waals surface area contributed by atoms with Crippen LogP contribution < -0.4 is 0 Å². The molecular weight excluding hydrogens is 196 g/mol. The normalized spacial score (nSPS) is 11.7. The van der Waals surface area contributed by atoms with Crippen LogP contribution in [0.4, 0.5) is 0 Å². The molecule has 0 aliphatic heterocycles. The fourth-order valence-corrected chi connectivity index (χ4v) is 0.947. The maximum absolute atomic E-state index is 10.8. The molecule has 0 aromatic carbocycles. The Balaban J connectivity index is 3.61. The molecule has 6 heteroatoms. The molecule has 0 aliphatic carbocycles. The summed E-state index contributed by atoms with van der Waals surface area (Å²) in [4.78, 5) is 10.8. The van der Waals surface area contributed by atoms with Gasteiger partial charge in [0.05, 0.1) is 0 Å². The summed E-state index contributed by atoms with van der Waals surface area (Å²) >= 11 is 0. The summed E-state index contributed by atoms with van der Waals surface area (Å²) in [5.74, 6) is -0.812. The van der Waals surface area contributed by atoms with Gasteiger partial charge in [0.2, 0.25) is 0 Å². The molecule has 0 saturated carbocycles. The minimum atomic E-state index is -4.03. The first kappa shape index (κ1) is 12.4. The van der Waals surface area contributed by atoms with Crippen LogP contribution in [0.3, 0.4) is 0 Å². The van der Waals surface area contributed by atoms with Crippen LogP contribution in [0.15, 0.2) is 0 Å². The van der Waals surface area contributed by atoms with Crippen LogP contribution in [0.25, 0.3) is 0 Å². The quantitative estimate of drug-likeness (QED) is 0.526. The van der Waals surface area contributed by atoms with Gasteiger partial charge in [0.15, 0.2) is 0 Å². The molecule has 0 amide bonds. The lowest BCUT2D eigenvalue weighted by atomic mass is 10.1. The molecule has 0 fully saturated rings. The number of esters is 1. The molecule has 0 radical (unpaired) electrons. The van der Waals surface area contributed by atoms with Gasteiger partial charge in [-0.05, 0) is 5.92 Å². The van der Waals surface area contributed by atoms with E-state index in [2.05, 4.69) is 4.74 Å². The Bertz CT molecular complexity index is 254. The third kappa shape index (κ3) is 9.29. The van der Waals surface area contributed by atoms with Crippen LogP contribution in [0.5, 0.6) is 0 Å². The Morgan fingerprint density at radius 3 is 2.38 bits per heavy atom.